The molecule has 0 fully saturated rings. The molecule has 0 atom stereocenters. The molecule has 2 nitrogen and oxygen atoms in total. The second kappa shape index (κ2) is 4.49. The first-order valence-corrected chi connectivity index (χ1v) is 4.93. The van der Waals surface area contributed by atoms with Gasteiger partial charge in [0.25, 0.3) is 0 Å². The van der Waals surface area contributed by atoms with E-state index in [1.54, 1.807) is 6.07 Å². The van der Waals surface area contributed by atoms with Crippen molar-refractivity contribution < 1.29 is 18.3 Å². The SMILES string of the molecule is COC(=O)c1ccc2c([C](F)F)cccc2c1. The zero-order valence-electron chi connectivity index (χ0n) is 9.04. The van der Waals surface area contributed by atoms with Gasteiger partial charge in [-0.1, -0.05) is 24.3 Å². The average Bonchev–Trinajstić information content (AvgIpc) is 2.36. The summed E-state index contributed by atoms with van der Waals surface area (Å²) in [7, 11) is 1.28. The predicted octanol–water partition coefficient (Wildman–Crippen LogP) is 3.40. The maximum absolute atomic E-state index is 12.6. The molecular weight excluding hydrogens is 226 g/mol. The summed E-state index contributed by atoms with van der Waals surface area (Å²) in [6, 6.07) is 9.05. The molecule has 0 N–H and O–H groups in total. The van der Waals surface area contributed by atoms with Gasteiger partial charge in [-0.3, -0.25) is 0 Å². The lowest BCUT2D eigenvalue weighted by Crippen LogP contribution is -2.00. The van der Waals surface area contributed by atoms with Crippen molar-refractivity contribution in [3.63, 3.8) is 0 Å². The van der Waals surface area contributed by atoms with Gasteiger partial charge < -0.3 is 4.74 Å². The van der Waals surface area contributed by atoms with Crippen LogP contribution in [0.3, 0.4) is 0 Å². The molecule has 17 heavy (non-hydrogen) atoms. The Hall–Kier alpha value is -1.97. The number of carbonyl (C=O) groups is 1. The van der Waals surface area contributed by atoms with Gasteiger partial charge in [0.1, 0.15) is 0 Å². The minimum atomic E-state index is -1.73. The third kappa shape index (κ3) is 2.11. The number of rotatable bonds is 2. The minimum Gasteiger partial charge on any atom is -0.465 e. The fourth-order valence-corrected chi connectivity index (χ4v) is 1.69. The smallest absolute Gasteiger partial charge is 0.340 e. The van der Waals surface area contributed by atoms with Crippen LogP contribution in [0.4, 0.5) is 8.78 Å². The first-order valence-electron chi connectivity index (χ1n) is 4.93. The minimum absolute atomic E-state index is 0.112. The molecule has 0 aliphatic heterocycles. The molecule has 0 aliphatic carbocycles. The van der Waals surface area contributed by atoms with Crippen LogP contribution < -0.4 is 0 Å². The molecule has 2 aromatic carbocycles. The number of ether oxygens (including phenoxy) is 1. The van der Waals surface area contributed by atoms with Crippen LogP contribution in [-0.4, -0.2) is 13.1 Å². The molecule has 0 spiro atoms. The van der Waals surface area contributed by atoms with Crippen molar-refractivity contribution in [1.82, 2.24) is 0 Å². The first-order chi connectivity index (χ1) is 8.13. The van der Waals surface area contributed by atoms with E-state index < -0.39 is 12.4 Å². The summed E-state index contributed by atoms with van der Waals surface area (Å²) in [5, 5.41) is 0.998. The Kier molecular flexibility index (Phi) is 3.04. The second-order valence-corrected chi connectivity index (χ2v) is 3.49. The Labute approximate surface area is 96.8 Å². The summed E-state index contributed by atoms with van der Waals surface area (Å²) in [4.78, 5) is 11.3. The summed E-state index contributed by atoms with van der Waals surface area (Å²) in [5.74, 6) is -0.484. The number of hydrogen-bond acceptors (Lipinski definition) is 2. The highest BCUT2D eigenvalue weighted by molar-refractivity contribution is 5.96. The molecule has 0 amide bonds. The quantitative estimate of drug-likeness (QED) is 0.745. The highest BCUT2D eigenvalue weighted by atomic mass is 19.3. The van der Waals surface area contributed by atoms with Crippen LogP contribution in [0.1, 0.15) is 15.9 Å². The van der Waals surface area contributed by atoms with E-state index in [2.05, 4.69) is 4.74 Å². The van der Waals surface area contributed by atoms with Gasteiger partial charge in [0.2, 0.25) is 0 Å². The van der Waals surface area contributed by atoms with Crippen molar-refractivity contribution in [3.05, 3.63) is 54.0 Å². The molecule has 0 unspecified atom stereocenters. The molecule has 87 valence electrons. The third-order valence-electron chi connectivity index (χ3n) is 2.51. The lowest BCUT2D eigenvalue weighted by Gasteiger charge is -2.06. The van der Waals surface area contributed by atoms with Gasteiger partial charge in [-0.25, -0.2) is 4.79 Å². The molecule has 0 aromatic heterocycles. The molecule has 0 bridgehead atoms. The largest absolute Gasteiger partial charge is 0.465 e. The summed E-state index contributed by atoms with van der Waals surface area (Å²) in [5.41, 5.74) is 0.232. The Bertz CT molecular complexity index is 564. The Morgan fingerprint density at radius 2 is 1.94 bits per heavy atom. The molecule has 4 heteroatoms. The van der Waals surface area contributed by atoms with Gasteiger partial charge in [0.05, 0.1) is 12.7 Å². The van der Waals surface area contributed by atoms with Crippen molar-refractivity contribution in [1.29, 1.82) is 0 Å². The molecule has 0 saturated heterocycles. The van der Waals surface area contributed by atoms with E-state index in [9.17, 15) is 13.6 Å². The van der Waals surface area contributed by atoms with Crippen molar-refractivity contribution in [2.24, 2.45) is 0 Å². The maximum atomic E-state index is 12.6. The zero-order valence-corrected chi connectivity index (χ0v) is 9.04. The van der Waals surface area contributed by atoms with Crippen molar-refractivity contribution in [3.8, 4) is 0 Å². The molecule has 1 radical (unpaired) electrons. The highest BCUT2D eigenvalue weighted by Crippen LogP contribution is 2.27. The fraction of sp³-hybridized carbons (Fsp3) is 0.0769. The van der Waals surface area contributed by atoms with E-state index in [0.29, 0.717) is 16.3 Å². The van der Waals surface area contributed by atoms with E-state index in [4.69, 9.17) is 0 Å². The van der Waals surface area contributed by atoms with Gasteiger partial charge in [0, 0.05) is 5.56 Å². The zero-order chi connectivity index (χ0) is 12.4. The Morgan fingerprint density at radius 3 is 2.59 bits per heavy atom. The van der Waals surface area contributed by atoms with E-state index in [0.717, 1.165) is 0 Å². The lowest BCUT2D eigenvalue weighted by molar-refractivity contribution is 0.0601. The number of benzene rings is 2. The van der Waals surface area contributed by atoms with Crippen LogP contribution in [0.2, 0.25) is 0 Å². The topological polar surface area (TPSA) is 26.3 Å². The molecule has 2 aromatic rings. The Morgan fingerprint density at radius 1 is 1.18 bits per heavy atom. The molecule has 0 saturated carbocycles. The predicted molar refractivity (Wildman–Crippen MR) is 59.8 cm³/mol. The summed E-state index contributed by atoms with van der Waals surface area (Å²) < 4.78 is 29.9. The van der Waals surface area contributed by atoms with Gasteiger partial charge in [0.15, 0.2) is 0 Å². The standard InChI is InChI=1S/C13H9F2O2/c1-17-13(16)9-5-6-10-8(7-9)3-2-4-11(10)12(14)15/h2-7H,1H3. The maximum Gasteiger partial charge on any atom is 0.340 e. The number of esters is 1. The van der Waals surface area contributed by atoms with Crippen molar-refractivity contribution >= 4 is 16.7 Å². The van der Waals surface area contributed by atoms with Crippen LogP contribution in [-0.2, 0) is 4.74 Å². The third-order valence-corrected chi connectivity index (χ3v) is 2.51. The van der Waals surface area contributed by atoms with E-state index >= 15 is 0 Å². The van der Waals surface area contributed by atoms with Crippen LogP contribution >= 0.6 is 0 Å². The summed E-state index contributed by atoms with van der Waals surface area (Å²) in [6.45, 7) is 0. The van der Waals surface area contributed by atoms with E-state index in [1.165, 1.54) is 37.4 Å². The Balaban J connectivity index is 2.60. The van der Waals surface area contributed by atoms with E-state index in [1.807, 2.05) is 0 Å². The molecule has 0 aliphatic rings. The summed E-state index contributed by atoms with van der Waals surface area (Å²) >= 11 is 0. The number of methoxy groups -OCH3 is 1. The van der Waals surface area contributed by atoms with Gasteiger partial charge in [-0.05, 0) is 22.9 Å². The molecular formula is C13H9F2O2. The average molecular weight is 235 g/mol. The second-order valence-electron chi connectivity index (χ2n) is 3.49. The first kappa shape index (κ1) is 11.5. The number of halogens is 2. The number of hydrogen-bond donors (Lipinski definition) is 0. The molecule has 0 heterocycles. The normalized spacial score (nSPS) is 10.8. The van der Waals surface area contributed by atoms with Gasteiger partial charge >= 0.3 is 12.4 Å². The molecule has 2 rings (SSSR count). The number of carbonyl (C=O) groups excluding carboxylic acids is 1. The highest BCUT2D eigenvalue weighted by Gasteiger charge is 2.14. The van der Waals surface area contributed by atoms with Crippen LogP contribution in [0.5, 0.6) is 0 Å². The van der Waals surface area contributed by atoms with Gasteiger partial charge in [-0.2, -0.15) is 8.78 Å². The van der Waals surface area contributed by atoms with Crippen LogP contribution in [0, 0.1) is 6.43 Å². The van der Waals surface area contributed by atoms with Gasteiger partial charge in [-0.15, -0.1) is 0 Å². The van der Waals surface area contributed by atoms with Crippen molar-refractivity contribution in [2.75, 3.05) is 7.11 Å². The number of fused-ring (bicyclic) bond motifs is 1. The van der Waals surface area contributed by atoms with Crippen LogP contribution in [0.25, 0.3) is 10.8 Å². The van der Waals surface area contributed by atoms with E-state index in [-0.39, 0.29) is 5.56 Å². The monoisotopic (exact) mass is 235 g/mol. The van der Waals surface area contributed by atoms with Crippen LogP contribution in [0.15, 0.2) is 36.4 Å². The van der Waals surface area contributed by atoms with Crippen molar-refractivity contribution in [2.45, 2.75) is 0 Å². The fourth-order valence-electron chi connectivity index (χ4n) is 1.69. The lowest BCUT2D eigenvalue weighted by atomic mass is 10.0. The summed E-state index contributed by atoms with van der Waals surface area (Å²) in [6.07, 6.45) is -1.73.